The van der Waals surface area contributed by atoms with E-state index in [9.17, 15) is 4.79 Å². The Morgan fingerprint density at radius 2 is 1.97 bits per heavy atom. The van der Waals surface area contributed by atoms with Gasteiger partial charge in [-0.2, -0.15) is 0 Å². The van der Waals surface area contributed by atoms with Crippen LogP contribution in [-0.4, -0.2) is 55.7 Å². The Bertz CT molecular complexity index is 1200. The van der Waals surface area contributed by atoms with Gasteiger partial charge in [-0.15, -0.1) is 0 Å². The molecule has 0 spiro atoms. The normalized spacial score (nSPS) is 17.0. The van der Waals surface area contributed by atoms with Crippen molar-refractivity contribution in [1.29, 1.82) is 0 Å². The zero-order valence-electron chi connectivity index (χ0n) is 19.7. The molecule has 34 heavy (non-hydrogen) atoms. The minimum atomic E-state index is -0.00248. The van der Waals surface area contributed by atoms with E-state index in [2.05, 4.69) is 28.1 Å². The summed E-state index contributed by atoms with van der Waals surface area (Å²) in [6.45, 7) is 5.75. The molecule has 0 unspecified atom stereocenters. The fourth-order valence-electron chi connectivity index (χ4n) is 4.87. The van der Waals surface area contributed by atoms with Crippen LogP contribution in [0.5, 0.6) is 11.5 Å². The van der Waals surface area contributed by atoms with E-state index in [1.165, 1.54) is 5.56 Å². The second-order valence-corrected chi connectivity index (χ2v) is 9.74. The monoisotopic (exact) mass is 479 g/mol. The summed E-state index contributed by atoms with van der Waals surface area (Å²) in [6, 6.07) is 14.0. The molecule has 0 N–H and O–H groups in total. The Balaban J connectivity index is 1.12. The van der Waals surface area contributed by atoms with Gasteiger partial charge in [-0.05, 0) is 87.2 Å². The van der Waals surface area contributed by atoms with Gasteiger partial charge in [0, 0.05) is 29.7 Å². The highest BCUT2D eigenvalue weighted by molar-refractivity contribution is 6.31. The predicted molar refractivity (Wildman–Crippen MR) is 135 cm³/mol. The molecule has 1 fully saturated rings. The molecule has 7 heteroatoms. The Hall–Kier alpha value is -2.83. The highest BCUT2D eigenvalue weighted by Crippen LogP contribution is 2.34. The summed E-state index contributed by atoms with van der Waals surface area (Å²) in [5, 5.41) is 1.64. The summed E-state index contributed by atoms with van der Waals surface area (Å²) in [4.78, 5) is 20.7. The van der Waals surface area contributed by atoms with Gasteiger partial charge in [0.05, 0.1) is 11.2 Å². The van der Waals surface area contributed by atoms with E-state index in [0.717, 1.165) is 72.7 Å². The van der Waals surface area contributed by atoms with Gasteiger partial charge < -0.3 is 14.4 Å². The number of carbonyl (C=O) groups is 1. The third kappa shape index (κ3) is 4.98. The second kappa shape index (κ2) is 9.80. The molecule has 3 heterocycles. The molecule has 178 valence electrons. The third-order valence-corrected chi connectivity index (χ3v) is 7.10. The lowest BCUT2D eigenvalue weighted by molar-refractivity contribution is -0.120. The first-order valence-electron chi connectivity index (χ1n) is 11.9. The molecule has 2 aliphatic heterocycles. The first kappa shape index (κ1) is 22.9. The minimum Gasteiger partial charge on any atom is -0.491 e. The number of benzene rings is 2. The van der Waals surface area contributed by atoms with Crippen molar-refractivity contribution in [2.45, 2.75) is 26.2 Å². The number of amides is 1. The maximum atomic E-state index is 11.9. The van der Waals surface area contributed by atoms with E-state index in [-0.39, 0.29) is 12.5 Å². The van der Waals surface area contributed by atoms with Gasteiger partial charge in [0.25, 0.3) is 5.91 Å². The first-order valence-corrected chi connectivity index (χ1v) is 12.3. The van der Waals surface area contributed by atoms with Crippen LogP contribution in [0.3, 0.4) is 0 Å². The lowest BCUT2D eigenvalue weighted by Gasteiger charge is -2.32. The van der Waals surface area contributed by atoms with E-state index in [1.807, 2.05) is 38.2 Å². The summed E-state index contributed by atoms with van der Waals surface area (Å²) in [5.74, 6) is 2.23. The number of hydrogen-bond donors (Lipinski definition) is 0. The van der Waals surface area contributed by atoms with Crippen LogP contribution >= 0.6 is 11.6 Å². The maximum absolute atomic E-state index is 11.9. The number of nitrogens with zero attached hydrogens (tertiary/aromatic N) is 3. The summed E-state index contributed by atoms with van der Waals surface area (Å²) >= 11 is 6.28. The summed E-state index contributed by atoms with van der Waals surface area (Å²) in [6.07, 6.45) is 3.35. The van der Waals surface area contributed by atoms with E-state index < -0.39 is 0 Å². The Kier molecular flexibility index (Phi) is 6.61. The molecule has 1 amide bonds. The van der Waals surface area contributed by atoms with Crippen molar-refractivity contribution in [3.8, 4) is 11.5 Å². The van der Waals surface area contributed by atoms with Crippen LogP contribution < -0.4 is 14.4 Å². The quantitative estimate of drug-likeness (QED) is 0.504. The fourth-order valence-corrected chi connectivity index (χ4v) is 5.07. The number of pyridine rings is 1. The molecule has 0 bridgehead atoms. The van der Waals surface area contributed by atoms with Gasteiger partial charge in [-0.3, -0.25) is 14.7 Å². The topological polar surface area (TPSA) is 54.9 Å². The number of hydrogen-bond acceptors (Lipinski definition) is 5. The molecular weight excluding hydrogens is 450 g/mol. The zero-order valence-corrected chi connectivity index (χ0v) is 20.5. The molecular formula is C27H30ClN3O3. The maximum Gasteiger partial charge on any atom is 0.264 e. The van der Waals surface area contributed by atoms with Crippen LogP contribution in [0, 0.1) is 12.8 Å². The Morgan fingerprint density at radius 1 is 1.15 bits per heavy atom. The average molecular weight is 480 g/mol. The van der Waals surface area contributed by atoms with Gasteiger partial charge in [0.15, 0.2) is 6.61 Å². The number of ether oxygens (including phenoxy) is 2. The number of likely N-dealkylation sites (N-methyl/N-ethyl adjacent to an activating group) is 1. The number of carbonyl (C=O) groups excluding carboxylic acids is 1. The molecule has 2 aliphatic rings. The van der Waals surface area contributed by atoms with Crippen LogP contribution in [0.2, 0.25) is 5.02 Å². The van der Waals surface area contributed by atoms with Crippen molar-refractivity contribution >= 4 is 34.1 Å². The molecule has 0 radical (unpaired) electrons. The third-order valence-electron chi connectivity index (χ3n) is 6.88. The summed E-state index contributed by atoms with van der Waals surface area (Å²) in [7, 11) is 1.82. The van der Waals surface area contributed by atoms with Crippen LogP contribution in [0.25, 0.3) is 10.9 Å². The van der Waals surface area contributed by atoms with Crippen molar-refractivity contribution in [2.75, 3.05) is 44.8 Å². The lowest BCUT2D eigenvalue weighted by atomic mass is 9.90. The Morgan fingerprint density at radius 3 is 2.79 bits per heavy atom. The van der Waals surface area contributed by atoms with Gasteiger partial charge in [-0.1, -0.05) is 17.7 Å². The average Bonchev–Trinajstić information content (AvgIpc) is 2.82. The number of likely N-dealkylation sites (tertiary alicyclic amines) is 1. The highest BCUT2D eigenvalue weighted by Gasteiger charge is 2.24. The van der Waals surface area contributed by atoms with Gasteiger partial charge in [-0.25, -0.2) is 0 Å². The molecule has 1 aromatic heterocycles. The molecule has 3 aromatic rings. The van der Waals surface area contributed by atoms with E-state index in [4.69, 9.17) is 21.1 Å². The van der Waals surface area contributed by atoms with E-state index >= 15 is 0 Å². The van der Waals surface area contributed by atoms with Crippen molar-refractivity contribution in [3.63, 3.8) is 0 Å². The first-order chi connectivity index (χ1) is 16.5. The van der Waals surface area contributed by atoms with E-state index in [0.29, 0.717) is 17.5 Å². The number of aromatic nitrogens is 1. The van der Waals surface area contributed by atoms with Crippen molar-refractivity contribution in [2.24, 2.45) is 5.92 Å². The predicted octanol–water partition coefficient (Wildman–Crippen LogP) is 4.89. The van der Waals surface area contributed by atoms with Crippen molar-refractivity contribution in [1.82, 2.24) is 9.88 Å². The molecule has 1 saturated heterocycles. The highest BCUT2D eigenvalue weighted by atomic mass is 35.5. The van der Waals surface area contributed by atoms with Crippen LogP contribution in [0.1, 0.15) is 24.1 Å². The smallest absolute Gasteiger partial charge is 0.264 e. The molecule has 2 aromatic carbocycles. The fraction of sp³-hybridized carbons (Fsp3) is 0.407. The van der Waals surface area contributed by atoms with E-state index in [1.54, 1.807) is 4.90 Å². The van der Waals surface area contributed by atoms with Crippen molar-refractivity contribution < 1.29 is 14.3 Å². The standard InChI is InChI=1S/C27H30ClN3O3/c1-18-3-5-22-23(29-18)15-21(28)16-26(22)33-12-11-31-9-7-19(8-10-31)13-20-4-6-25-24(14-20)30(2)27(32)17-34-25/h3-6,14-16,19H,7-13,17H2,1-2H3. The zero-order chi connectivity index (χ0) is 23.7. The summed E-state index contributed by atoms with van der Waals surface area (Å²) < 4.78 is 11.7. The molecule has 5 rings (SSSR count). The van der Waals surface area contributed by atoms with Crippen LogP contribution in [0.4, 0.5) is 5.69 Å². The SMILES string of the molecule is Cc1ccc2c(OCCN3CCC(Cc4ccc5c(c4)N(C)C(=O)CO5)CC3)cc(Cl)cc2n1. The molecule has 6 nitrogen and oxygen atoms in total. The van der Waals surface area contributed by atoms with Crippen LogP contribution in [0.15, 0.2) is 42.5 Å². The van der Waals surface area contributed by atoms with Gasteiger partial charge >= 0.3 is 0 Å². The number of rotatable bonds is 6. The lowest BCUT2D eigenvalue weighted by Crippen LogP contribution is -2.37. The second-order valence-electron chi connectivity index (χ2n) is 9.30. The summed E-state index contributed by atoms with van der Waals surface area (Å²) in [5.41, 5.74) is 3.98. The molecule has 0 atom stereocenters. The Labute approximate surface area is 205 Å². The van der Waals surface area contributed by atoms with Gasteiger partial charge in [0.2, 0.25) is 0 Å². The number of aryl methyl sites for hydroxylation is 1. The molecule has 0 aliphatic carbocycles. The van der Waals surface area contributed by atoms with Crippen LogP contribution in [-0.2, 0) is 11.2 Å². The largest absolute Gasteiger partial charge is 0.491 e. The minimum absolute atomic E-state index is 0.00248. The van der Waals surface area contributed by atoms with Crippen molar-refractivity contribution in [3.05, 3.63) is 58.7 Å². The number of piperidine rings is 1. The number of halogens is 1. The number of anilines is 1. The number of fused-ring (bicyclic) bond motifs is 2. The molecule has 0 saturated carbocycles. The van der Waals surface area contributed by atoms with Gasteiger partial charge in [0.1, 0.15) is 18.1 Å².